The minimum absolute atomic E-state index is 0.0581. The average molecular weight is 728 g/mol. The molecular formula is C54H37N3. The van der Waals surface area contributed by atoms with Crippen molar-refractivity contribution >= 4 is 32.4 Å². The predicted octanol–water partition coefficient (Wildman–Crippen LogP) is 13.9. The van der Waals surface area contributed by atoms with E-state index in [4.69, 9.17) is 15.0 Å². The second-order valence-electron chi connectivity index (χ2n) is 15.2. The normalized spacial score (nSPS) is 14.8. The zero-order valence-electron chi connectivity index (χ0n) is 31.5. The predicted molar refractivity (Wildman–Crippen MR) is 236 cm³/mol. The fourth-order valence-corrected chi connectivity index (χ4v) is 9.07. The molecule has 57 heavy (non-hydrogen) atoms. The topological polar surface area (TPSA) is 38.7 Å². The molecule has 1 aliphatic rings. The van der Waals surface area contributed by atoms with E-state index in [0.717, 1.165) is 50.4 Å². The van der Waals surface area contributed by atoms with Crippen molar-refractivity contribution in [3.05, 3.63) is 211 Å². The third-order valence-electron chi connectivity index (χ3n) is 11.9. The maximum absolute atomic E-state index is 5.42. The fraction of sp³-hybridized carbons (Fsp3) is 0.0556. The van der Waals surface area contributed by atoms with Crippen LogP contribution in [0.5, 0.6) is 0 Å². The molecule has 3 heteroatoms. The second-order valence-corrected chi connectivity index (χ2v) is 15.2. The Hall–Kier alpha value is -7.23. The van der Waals surface area contributed by atoms with Crippen LogP contribution in [0.1, 0.15) is 35.6 Å². The highest BCUT2D eigenvalue weighted by atomic mass is 14.9. The lowest BCUT2D eigenvalue weighted by Crippen LogP contribution is -2.18. The molecule has 2 atom stereocenters. The number of aromatic nitrogens is 3. The van der Waals surface area contributed by atoms with E-state index in [9.17, 15) is 0 Å². The van der Waals surface area contributed by atoms with Crippen LogP contribution in [0.15, 0.2) is 194 Å². The van der Waals surface area contributed by atoms with E-state index in [-0.39, 0.29) is 11.8 Å². The first kappa shape index (κ1) is 33.1. The summed E-state index contributed by atoms with van der Waals surface area (Å²) in [6.45, 7) is 2.34. The van der Waals surface area contributed by atoms with Crippen molar-refractivity contribution in [2.45, 2.75) is 18.8 Å². The zero-order valence-corrected chi connectivity index (χ0v) is 31.5. The smallest absolute Gasteiger partial charge is 0.160 e. The van der Waals surface area contributed by atoms with Crippen LogP contribution in [0.3, 0.4) is 0 Å². The molecule has 8 aromatic carbocycles. The van der Waals surface area contributed by atoms with Crippen molar-refractivity contribution in [1.82, 2.24) is 15.0 Å². The second kappa shape index (κ2) is 13.5. The molecule has 0 saturated heterocycles. The van der Waals surface area contributed by atoms with Crippen molar-refractivity contribution in [2.75, 3.05) is 0 Å². The summed E-state index contributed by atoms with van der Waals surface area (Å²) in [6, 6.07) is 67.6. The molecule has 0 aliphatic heterocycles. The SMILES string of the molecule is CC1c2ccccc2-c2ccccc2C1c1cc(-c2ccc(-c3cc4ccccc4c4ccccc34)cc2)nc(-c2ccc(-c3cnc4ccccc4c3)cc2)n1. The summed E-state index contributed by atoms with van der Waals surface area (Å²) in [5.41, 5.74) is 14.8. The maximum Gasteiger partial charge on any atom is 0.160 e. The van der Waals surface area contributed by atoms with Gasteiger partial charge in [0.1, 0.15) is 0 Å². The van der Waals surface area contributed by atoms with Crippen LogP contribution in [0.2, 0.25) is 0 Å². The van der Waals surface area contributed by atoms with Crippen LogP contribution < -0.4 is 0 Å². The third kappa shape index (κ3) is 5.70. The van der Waals surface area contributed by atoms with Crippen molar-refractivity contribution in [1.29, 1.82) is 0 Å². The molecule has 0 spiro atoms. The Morgan fingerprint density at radius 1 is 0.404 bits per heavy atom. The van der Waals surface area contributed by atoms with Gasteiger partial charge >= 0.3 is 0 Å². The van der Waals surface area contributed by atoms with Gasteiger partial charge in [0, 0.05) is 34.2 Å². The van der Waals surface area contributed by atoms with E-state index in [0.29, 0.717) is 0 Å². The minimum Gasteiger partial charge on any atom is -0.256 e. The molecule has 3 nitrogen and oxygen atoms in total. The molecule has 0 radical (unpaired) electrons. The maximum atomic E-state index is 5.42. The van der Waals surface area contributed by atoms with Gasteiger partial charge in [-0.3, -0.25) is 4.98 Å². The highest BCUT2D eigenvalue weighted by molar-refractivity contribution is 6.13. The Kier molecular flexibility index (Phi) is 7.85. The Labute approximate surface area is 332 Å². The molecule has 0 N–H and O–H groups in total. The van der Waals surface area contributed by atoms with Gasteiger partial charge in [-0.1, -0.05) is 171 Å². The number of pyridine rings is 1. The largest absolute Gasteiger partial charge is 0.256 e. The molecule has 0 fully saturated rings. The lowest BCUT2D eigenvalue weighted by atomic mass is 9.71. The fourth-order valence-electron chi connectivity index (χ4n) is 9.07. The van der Waals surface area contributed by atoms with E-state index in [1.165, 1.54) is 54.9 Å². The summed E-state index contributed by atoms with van der Waals surface area (Å²) in [6.07, 6.45) is 1.96. The number of para-hydroxylation sites is 1. The molecule has 2 aromatic heterocycles. The molecule has 0 saturated carbocycles. The van der Waals surface area contributed by atoms with Crippen molar-refractivity contribution < 1.29 is 0 Å². The van der Waals surface area contributed by atoms with Crippen LogP contribution in [0.25, 0.3) is 88.5 Å². The molecule has 2 heterocycles. The Morgan fingerprint density at radius 2 is 1.00 bits per heavy atom. The Bertz CT molecular complexity index is 3150. The quantitative estimate of drug-likeness (QED) is 0.166. The third-order valence-corrected chi connectivity index (χ3v) is 11.9. The summed E-state index contributed by atoms with van der Waals surface area (Å²) in [7, 11) is 0. The highest BCUT2D eigenvalue weighted by Crippen LogP contribution is 2.49. The first-order valence-corrected chi connectivity index (χ1v) is 19.7. The standard InChI is InChI=1S/C54H37N3/c1-34-42-14-5-6-16-44(42)46-18-9-10-20-48(46)53(34)52-32-51(56-54(57-52)38-28-22-35(23-29-38)41-30-40-13-3-11-21-50(40)55-33-41)37-26-24-36(25-27-37)49-31-39-12-2-4-15-43(39)45-17-7-8-19-47(45)49/h2-34,53H,1H3. The summed E-state index contributed by atoms with van der Waals surface area (Å²) < 4.78 is 0. The molecule has 1 aliphatic carbocycles. The van der Waals surface area contributed by atoms with E-state index in [1.807, 2.05) is 18.3 Å². The summed E-state index contributed by atoms with van der Waals surface area (Å²) in [5, 5.41) is 6.17. The van der Waals surface area contributed by atoms with Crippen LogP contribution in [-0.2, 0) is 0 Å². The number of benzene rings is 8. The molecule has 11 rings (SSSR count). The monoisotopic (exact) mass is 727 g/mol. The van der Waals surface area contributed by atoms with Crippen LogP contribution in [0, 0.1) is 0 Å². The minimum atomic E-state index is 0.0581. The van der Waals surface area contributed by atoms with Gasteiger partial charge in [0.25, 0.3) is 0 Å². The van der Waals surface area contributed by atoms with Gasteiger partial charge in [-0.15, -0.1) is 0 Å². The van der Waals surface area contributed by atoms with Crippen molar-refractivity contribution in [3.63, 3.8) is 0 Å². The van der Waals surface area contributed by atoms with E-state index >= 15 is 0 Å². The highest BCUT2D eigenvalue weighted by Gasteiger charge is 2.33. The van der Waals surface area contributed by atoms with Gasteiger partial charge in [-0.25, -0.2) is 9.97 Å². The van der Waals surface area contributed by atoms with Gasteiger partial charge in [-0.05, 0) is 90.7 Å². The van der Waals surface area contributed by atoms with Crippen LogP contribution >= 0.6 is 0 Å². The lowest BCUT2D eigenvalue weighted by molar-refractivity contribution is 0.633. The molecule has 0 amide bonds. The first-order valence-electron chi connectivity index (χ1n) is 19.7. The van der Waals surface area contributed by atoms with Gasteiger partial charge in [0.2, 0.25) is 0 Å². The molecule has 268 valence electrons. The summed E-state index contributed by atoms with van der Waals surface area (Å²) >= 11 is 0. The molecule has 2 unspecified atom stereocenters. The zero-order chi connectivity index (χ0) is 37.9. The van der Waals surface area contributed by atoms with Crippen molar-refractivity contribution in [2.24, 2.45) is 0 Å². The van der Waals surface area contributed by atoms with Gasteiger partial charge in [0.05, 0.1) is 16.9 Å². The number of nitrogens with zero attached hydrogens (tertiary/aromatic N) is 3. The number of fused-ring (bicyclic) bond motifs is 7. The van der Waals surface area contributed by atoms with Gasteiger partial charge in [0.15, 0.2) is 5.82 Å². The van der Waals surface area contributed by atoms with Crippen LogP contribution in [0.4, 0.5) is 0 Å². The number of hydrogen-bond donors (Lipinski definition) is 0. The summed E-state index contributed by atoms with van der Waals surface area (Å²) in [5.74, 6) is 1.000. The first-order chi connectivity index (χ1) is 28.2. The van der Waals surface area contributed by atoms with E-state index < -0.39 is 0 Å². The lowest BCUT2D eigenvalue weighted by Gasteiger charge is -2.33. The molecule has 0 bridgehead atoms. The van der Waals surface area contributed by atoms with Gasteiger partial charge < -0.3 is 0 Å². The number of rotatable bonds is 5. The summed E-state index contributed by atoms with van der Waals surface area (Å²) in [4.78, 5) is 15.4. The average Bonchev–Trinajstić information content (AvgIpc) is 3.29. The van der Waals surface area contributed by atoms with Crippen molar-refractivity contribution in [3.8, 4) is 56.0 Å². The Balaban J connectivity index is 1.04. The van der Waals surface area contributed by atoms with Gasteiger partial charge in [-0.2, -0.15) is 0 Å². The molecule has 10 aromatic rings. The molecular weight excluding hydrogens is 691 g/mol. The number of hydrogen-bond acceptors (Lipinski definition) is 3. The van der Waals surface area contributed by atoms with Crippen LogP contribution in [-0.4, -0.2) is 15.0 Å². The van der Waals surface area contributed by atoms with E-state index in [1.54, 1.807) is 0 Å². The van der Waals surface area contributed by atoms with E-state index in [2.05, 4.69) is 183 Å². The Morgan fingerprint density at radius 3 is 1.81 bits per heavy atom.